The molecule has 8 nitrogen and oxygen atoms in total. The Morgan fingerprint density at radius 3 is 2.55 bits per heavy atom. The number of amides is 2. The number of nitrogens with zero attached hydrogens (tertiary/aromatic N) is 1. The summed E-state index contributed by atoms with van der Waals surface area (Å²) >= 11 is 0. The SMILES string of the molecule is CN=C(NCCCOCC1CCOCC1)NCc1ccc(NC(=O)NC(C)C)cc1.I. The molecule has 2 rings (SSSR count). The molecule has 0 spiro atoms. The van der Waals surface area contributed by atoms with Crippen molar-refractivity contribution < 1.29 is 14.3 Å². The second-order valence-electron chi connectivity index (χ2n) is 7.79. The smallest absolute Gasteiger partial charge is 0.319 e. The highest BCUT2D eigenvalue weighted by Gasteiger charge is 2.13. The minimum Gasteiger partial charge on any atom is -0.381 e. The van der Waals surface area contributed by atoms with E-state index in [4.69, 9.17) is 9.47 Å². The van der Waals surface area contributed by atoms with Crippen molar-refractivity contribution in [2.45, 2.75) is 45.7 Å². The van der Waals surface area contributed by atoms with E-state index in [0.717, 1.165) is 69.4 Å². The Kier molecular flexibility index (Phi) is 14.3. The van der Waals surface area contributed by atoms with Gasteiger partial charge in [0.25, 0.3) is 0 Å². The molecule has 176 valence electrons. The highest BCUT2D eigenvalue weighted by atomic mass is 127. The maximum absolute atomic E-state index is 11.7. The number of anilines is 1. The number of rotatable bonds is 10. The lowest BCUT2D eigenvalue weighted by Crippen LogP contribution is -2.37. The lowest BCUT2D eigenvalue weighted by atomic mass is 10.0. The van der Waals surface area contributed by atoms with Crippen LogP contribution >= 0.6 is 24.0 Å². The normalized spacial score (nSPS) is 14.6. The van der Waals surface area contributed by atoms with Gasteiger partial charge in [-0.3, -0.25) is 4.99 Å². The largest absolute Gasteiger partial charge is 0.381 e. The maximum atomic E-state index is 11.7. The van der Waals surface area contributed by atoms with Gasteiger partial charge in [-0.1, -0.05) is 12.1 Å². The minimum atomic E-state index is -0.197. The van der Waals surface area contributed by atoms with Gasteiger partial charge in [0.1, 0.15) is 0 Å². The summed E-state index contributed by atoms with van der Waals surface area (Å²) in [5, 5.41) is 12.2. The van der Waals surface area contributed by atoms with Gasteiger partial charge in [-0.15, -0.1) is 24.0 Å². The molecule has 31 heavy (non-hydrogen) atoms. The lowest BCUT2D eigenvalue weighted by Gasteiger charge is -2.21. The third-order valence-corrected chi connectivity index (χ3v) is 4.77. The highest BCUT2D eigenvalue weighted by Crippen LogP contribution is 2.14. The Hall–Kier alpha value is -1.59. The zero-order chi connectivity index (χ0) is 21.6. The van der Waals surface area contributed by atoms with E-state index >= 15 is 0 Å². The van der Waals surface area contributed by atoms with Crippen LogP contribution in [0.15, 0.2) is 29.3 Å². The number of urea groups is 1. The van der Waals surface area contributed by atoms with E-state index in [1.54, 1.807) is 7.05 Å². The number of carbonyl (C=O) groups excluding carboxylic acids is 1. The number of carbonyl (C=O) groups is 1. The van der Waals surface area contributed by atoms with Crippen LogP contribution in [-0.4, -0.2) is 58.1 Å². The molecule has 0 radical (unpaired) electrons. The summed E-state index contributed by atoms with van der Waals surface area (Å²) in [6.07, 6.45) is 3.15. The number of ether oxygens (including phenoxy) is 2. The third-order valence-electron chi connectivity index (χ3n) is 4.77. The fourth-order valence-electron chi connectivity index (χ4n) is 3.09. The zero-order valence-corrected chi connectivity index (χ0v) is 21.2. The Morgan fingerprint density at radius 2 is 1.90 bits per heavy atom. The Balaban J connectivity index is 0.00000480. The van der Waals surface area contributed by atoms with Crippen molar-refractivity contribution in [3.05, 3.63) is 29.8 Å². The molecule has 0 aromatic heterocycles. The molecule has 1 heterocycles. The van der Waals surface area contributed by atoms with Crippen LogP contribution in [0.2, 0.25) is 0 Å². The third kappa shape index (κ3) is 12.1. The molecule has 2 amide bonds. The number of aliphatic imine (C=N–C) groups is 1. The van der Waals surface area contributed by atoms with E-state index < -0.39 is 0 Å². The van der Waals surface area contributed by atoms with Crippen LogP contribution < -0.4 is 21.3 Å². The molecule has 1 aliphatic heterocycles. The molecule has 0 bridgehead atoms. The first kappa shape index (κ1) is 27.4. The monoisotopic (exact) mass is 547 g/mol. The van der Waals surface area contributed by atoms with Crippen molar-refractivity contribution >= 4 is 41.7 Å². The second-order valence-corrected chi connectivity index (χ2v) is 7.79. The molecule has 1 fully saturated rings. The summed E-state index contributed by atoms with van der Waals surface area (Å²) in [6.45, 7) is 8.63. The zero-order valence-electron chi connectivity index (χ0n) is 18.9. The van der Waals surface area contributed by atoms with Crippen molar-refractivity contribution in [2.24, 2.45) is 10.9 Å². The number of hydrogen-bond acceptors (Lipinski definition) is 4. The first-order valence-corrected chi connectivity index (χ1v) is 10.8. The predicted octanol–water partition coefficient (Wildman–Crippen LogP) is 3.33. The quantitative estimate of drug-likeness (QED) is 0.156. The van der Waals surface area contributed by atoms with Crippen molar-refractivity contribution in [3.63, 3.8) is 0 Å². The molecule has 0 unspecified atom stereocenters. The molecular formula is C22H38IN5O3. The van der Waals surface area contributed by atoms with Gasteiger partial charge in [-0.25, -0.2) is 4.79 Å². The van der Waals surface area contributed by atoms with E-state index in [1.165, 1.54) is 0 Å². The molecular weight excluding hydrogens is 509 g/mol. The van der Waals surface area contributed by atoms with Crippen LogP contribution in [0.4, 0.5) is 10.5 Å². The minimum absolute atomic E-state index is 0. The molecule has 0 saturated carbocycles. The van der Waals surface area contributed by atoms with E-state index in [-0.39, 0.29) is 36.0 Å². The lowest BCUT2D eigenvalue weighted by molar-refractivity contribution is 0.0203. The fraction of sp³-hybridized carbons (Fsp3) is 0.636. The van der Waals surface area contributed by atoms with Crippen LogP contribution in [0.1, 0.15) is 38.7 Å². The Bertz CT molecular complexity index is 649. The van der Waals surface area contributed by atoms with Crippen LogP contribution in [0.25, 0.3) is 0 Å². The second kappa shape index (κ2) is 16.1. The molecule has 4 N–H and O–H groups in total. The average molecular weight is 547 g/mol. The van der Waals surface area contributed by atoms with E-state index in [1.807, 2.05) is 38.1 Å². The van der Waals surface area contributed by atoms with E-state index in [9.17, 15) is 4.79 Å². The topological polar surface area (TPSA) is 96.0 Å². The fourth-order valence-corrected chi connectivity index (χ4v) is 3.09. The molecule has 0 aliphatic carbocycles. The van der Waals surface area contributed by atoms with Gasteiger partial charge < -0.3 is 30.7 Å². The average Bonchev–Trinajstić information content (AvgIpc) is 2.74. The summed E-state index contributed by atoms with van der Waals surface area (Å²) in [4.78, 5) is 16.0. The van der Waals surface area contributed by atoms with Crippen molar-refractivity contribution in [2.75, 3.05) is 45.3 Å². The number of guanidine groups is 1. The molecule has 1 aromatic carbocycles. The van der Waals surface area contributed by atoms with E-state index in [2.05, 4.69) is 26.3 Å². The first-order valence-electron chi connectivity index (χ1n) is 10.8. The van der Waals surface area contributed by atoms with Crippen LogP contribution in [0, 0.1) is 5.92 Å². The summed E-state index contributed by atoms with van der Waals surface area (Å²) in [7, 11) is 1.76. The van der Waals surface area contributed by atoms with Crippen LogP contribution in [0.5, 0.6) is 0 Å². The standard InChI is InChI=1S/C22H37N5O3.HI/c1-17(2)26-22(28)27-20-7-5-18(6-8-20)15-25-21(23-3)24-11-4-12-30-16-19-9-13-29-14-10-19;/h5-8,17,19H,4,9-16H2,1-3H3,(H2,23,24,25)(H2,26,27,28);1H. The molecule has 1 aromatic rings. The molecule has 0 atom stereocenters. The van der Waals surface area contributed by atoms with Gasteiger partial charge in [0, 0.05) is 58.3 Å². The number of nitrogens with one attached hydrogen (secondary N) is 4. The Morgan fingerprint density at radius 1 is 1.19 bits per heavy atom. The van der Waals surface area contributed by atoms with Gasteiger partial charge in [0.2, 0.25) is 0 Å². The maximum Gasteiger partial charge on any atom is 0.319 e. The number of halogens is 1. The molecule has 1 saturated heterocycles. The van der Waals surface area contributed by atoms with Gasteiger partial charge >= 0.3 is 6.03 Å². The van der Waals surface area contributed by atoms with Gasteiger partial charge in [-0.05, 0) is 56.7 Å². The van der Waals surface area contributed by atoms with Crippen molar-refractivity contribution in [1.29, 1.82) is 0 Å². The van der Waals surface area contributed by atoms with Gasteiger partial charge in [-0.2, -0.15) is 0 Å². The summed E-state index contributed by atoms with van der Waals surface area (Å²) in [6, 6.07) is 7.65. The summed E-state index contributed by atoms with van der Waals surface area (Å²) < 4.78 is 11.2. The Labute approximate surface area is 203 Å². The van der Waals surface area contributed by atoms with Crippen LogP contribution in [0.3, 0.4) is 0 Å². The summed E-state index contributed by atoms with van der Waals surface area (Å²) in [5.74, 6) is 1.41. The van der Waals surface area contributed by atoms with Gasteiger partial charge in [0.05, 0.1) is 0 Å². The summed E-state index contributed by atoms with van der Waals surface area (Å²) in [5.41, 5.74) is 1.87. The first-order chi connectivity index (χ1) is 14.6. The molecule has 9 heteroatoms. The van der Waals surface area contributed by atoms with Crippen molar-refractivity contribution in [3.8, 4) is 0 Å². The number of hydrogen-bond donors (Lipinski definition) is 4. The number of benzene rings is 1. The highest BCUT2D eigenvalue weighted by molar-refractivity contribution is 14.0. The van der Waals surface area contributed by atoms with Crippen LogP contribution in [-0.2, 0) is 16.0 Å². The van der Waals surface area contributed by atoms with Gasteiger partial charge in [0.15, 0.2) is 5.96 Å². The van der Waals surface area contributed by atoms with E-state index in [0.29, 0.717) is 12.5 Å². The molecule has 1 aliphatic rings. The predicted molar refractivity (Wildman–Crippen MR) is 136 cm³/mol. The van der Waals surface area contributed by atoms with Crippen molar-refractivity contribution in [1.82, 2.24) is 16.0 Å².